The predicted octanol–water partition coefficient (Wildman–Crippen LogP) is 8.41. The SMILES string of the molecule is C[C@@]1(F)[C@@H](OC(=O)c2ccccc2)[C@@H](COC(=O)c2ccccc2)O[C@H]1n1ccc(NC(=O)c2ccccc2)nc1=O.C[C@]1(F)[C@H](OC(=O)c2ccccc2)[C@H](COC(=O)c2ccccc2)O[C@@H]1n1ccc(NC(=O)c2ccccc2)nc1=O. The van der Waals surface area contributed by atoms with Crippen LogP contribution in [-0.4, -0.2) is 104 Å². The molecule has 2 fully saturated rings. The summed E-state index contributed by atoms with van der Waals surface area (Å²) < 4.78 is 68.4. The Bertz CT molecular complexity index is 3500. The lowest BCUT2D eigenvalue weighted by Gasteiger charge is -2.27. The van der Waals surface area contributed by atoms with E-state index in [-0.39, 0.29) is 33.9 Å². The van der Waals surface area contributed by atoms with Gasteiger partial charge in [-0.05, 0) is 98.8 Å². The lowest BCUT2D eigenvalue weighted by Crippen LogP contribution is -2.45. The van der Waals surface area contributed by atoms with Gasteiger partial charge in [-0.2, -0.15) is 9.97 Å². The highest BCUT2D eigenvalue weighted by Crippen LogP contribution is 2.44. The zero-order valence-electron chi connectivity index (χ0n) is 44.8. The molecule has 0 unspecified atom stereocenters. The fourth-order valence-electron chi connectivity index (χ4n) is 9.08. The molecule has 0 saturated carbocycles. The van der Waals surface area contributed by atoms with Crippen LogP contribution in [0.2, 0.25) is 0 Å². The van der Waals surface area contributed by atoms with E-state index in [1.807, 2.05) is 0 Å². The van der Waals surface area contributed by atoms with Gasteiger partial charge in [-0.25, -0.2) is 37.5 Å². The third-order valence-corrected chi connectivity index (χ3v) is 13.3. The Kier molecular flexibility index (Phi) is 18.1. The molecule has 4 heterocycles. The Hall–Kier alpha value is -10.3. The standard InChI is InChI=1S/2C31H26FN3O7/c2*1-31(32)25(42-28(38)22-15-9-4-10-16-22)23(19-40-27(37)21-13-7-3-8-14-21)41-29(31)35-18-17-24(34-30(35)39)33-26(36)20-11-5-2-6-12-20/h2*2-18,23,25,29H,19H2,1H3,(H,33,34,36,39)/t2*23-,25+,29-,31-/m10/s1. The van der Waals surface area contributed by atoms with E-state index in [0.717, 1.165) is 23.0 Å². The Labute approximate surface area is 477 Å². The number of aromatic nitrogens is 4. The normalized spacial score (nSPS) is 21.3. The lowest BCUT2D eigenvalue weighted by molar-refractivity contribution is -0.0648. The van der Waals surface area contributed by atoms with Crippen LogP contribution in [-0.2, 0) is 28.4 Å². The Morgan fingerprint density at radius 2 is 0.714 bits per heavy atom. The highest BCUT2D eigenvalue weighted by atomic mass is 19.1. The lowest BCUT2D eigenvalue weighted by atomic mass is 9.98. The number of carbonyl (C=O) groups is 6. The number of hydrogen-bond acceptors (Lipinski definition) is 16. The number of halogens is 2. The van der Waals surface area contributed by atoms with Crippen LogP contribution < -0.4 is 22.0 Å². The number of rotatable bonds is 16. The first-order valence-electron chi connectivity index (χ1n) is 26.0. The van der Waals surface area contributed by atoms with Crippen molar-refractivity contribution in [2.75, 3.05) is 23.8 Å². The Morgan fingerprint density at radius 3 is 1.00 bits per heavy atom. The molecule has 0 radical (unpaired) electrons. The van der Waals surface area contributed by atoms with Gasteiger partial charge in [0.2, 0.25) is 0 Å². The van der Waals surface area contributed by atoms with Crippen molar-refractivity contribution < 1.29 is 66.0 Å². The molecule has 2 N–H and O–H groups in total. The largest absolute Gasteiger partial charge is 0.459 e. The van der Waals surface area contributed by atoms with Crippen LogP contribution in [0, 0.1) is 0 Å². The molecular weight excluding hydrogens is 1090 g/mol. The summed E-state index contributed by atoms with van der Waals surface area (Å²) in [6.07, 6.45) is -6.45. The van der Waals surface area contributed by atoms with Gasteiger partial charge >= 0.3 is 35.3 Å². The number of alkyl halides is 2. The summed E-state index contributed by atoms with van der Waals surface area (Å²) in [5, 5.41) is 5.05. The summed E-state index contributed by atoms with van der Waals surface area (Å²) in [6.45, 7) is 1.31. The third-order valence-electron chi connectivity index (χ3n) is 13.3. The molecule has 0 bridgehead atoms. The number of anilines is 2. The van der Waals surface area contributed by atoms with E-state index in [4.69, 9.17) is 28.4 Å². The number of carbonyl (C=O) groups excluding carboxylic acids is 6. The van der Waals surface area contributed by atoms with Crippen molar-refractivity contribution in [2.24, 2.45) is 0 Å². The highest BCUT2D eigenvalue weighted by molar-refractivity contribution is 6.04. The number of amides is 2. The monoisotopic (exact) mass is 1140 g/mol. The van der Waals surface area contributed by atoms with E-state index in [2.05, 4.69) is 20.6 Å². The molecular formula is C62H52F2N6O14. The van der Waals surface area contributed by atoms with Crippen molar-refractivity contribution >= 4 is 47.3 Å². The van der Waals surface area contributed by atoms with Crippen molar-refractivity contribution in [2.45, 2.75) is 62.1 Å². The molecule has 0 aliphatic carbocycles. The maximum Gasteiger partial charge on any atom is 0.351 e. The summed E-state index contributed by atoms with van der Waals surface area (Å²) in [4.78, 5) is 110. The molecule has 20 nitrogen and oxygen atoms in total. The van der Waals surface area contributed by atoms with Crippen LogP contribution in [0.1, 0.15) is 88.5 Å². The molecule has 2 amide bonds. The number of benzene rings is 6. The maximum absolute atomic E-state index is 16.5. The average Bonchev–Trinajstić information content (AvgIpc) is 2.24. The van der Waals surface area contributed by atoms with E-state index in [1.165, 1.54) is 48.8 Å². The van der Waals surface area contributed by atoms with Crippen molar-refractivity contribution in [1.82, 2.24) is 19.1 Å². The predicted molar refractivity (Wildman–Crippen MR) is 297 cm³/mol. The van der Waals surface area contributed by atoms with Crippen molar-refractivity contribution in [3.8, 4) is 0 Å². The first-order chi connectivity index (χ1) is 40.5. The summed E-state index contributed by atoms with van der Waals surface area (Å²) >= 11 is 0. The van der Waals surface area contributed by atoms with Crippen LogP contribution >= 0.6 is 0 Å². The second kappa shape index (κ2) is 26.1. The molecule has 2 aliphatic heterocycles. The zero-order chi connectivity index (χ0) is 59.4. The first kappa shape index (κ1) is 58.3. The van der Waals surface area contributed by atoms with Gasteiger partial charge < -0.3 is 39.1 Å². The van der Waals surface area contributed by atoms with Crippen LogP contribution in [0.4, 0.5) is 20.4 Å². The van der Waals surface area contributed by atoms with Gasteiger partial charge in [0, 0.05) is 23.5 Å². The topological polar surface area (TPSA) is 252 Å². The summed E-state index contributed by atoms with van der Waals surface area (Å²) in [5.41, 5.74) is -5.19. The molecule has 8 atom stereocenters. The molecule has 8 aromatic rings. The molecule has 6 aromatic carbocycles. The number of nitrogens with zero attached hydrogens (tertiary/aromatic N) is 4. The van der Waals surface area contributed by atoms with E-state index in [0.29, 0.717) is 11.1 Å². The number of hydrogen-bond donors (Lipinski definition) is 2. The first-order valence-corrected chi connectivity index (χ1v) is 26.0. The molecule has 0 spiro atoms. The second-order valence-electron chi connectivity index (χ2n) is 19.3. The Morgan fingerprint density at radius 1 is 0.440 bits per heavy atom. The van der Waals surface area contributed by atoms with Gasteiger partial charge in [0.15, 0.2) is 36.0 Å². The minimum absolute atomic E-state index is 0.0518. The summed E-state index contributed by atoms with van der Waals surface area (Å²) in [5.74, 6) is -4.09. The maximum atomic E-state index is 16.5. The third kappa shape index (κ3) is 13.7. The molecule has 10 rings (SSSR count). The molecule has 22 heteroatoms. The van der Waals surface area contributed by atoms with E-state index in [9.17, 15) is 38.4 Å². The minimum atomic E-state index is -2.46. The van der Waals surface area contributed by atoms with Gasteiger partial charge in [-0.15, -0.1) is 0 Å². The number of ether oxygens (including phenoxy) is 6. The minimum Gasteiger partial charge on any atom is -0.459 e. The summed E-state index contributed by atoms with van der Waals surface area (Å²) in [7, 11) is 0. The number of esters is 4. The second-order valence-corrected chi connectivity index (χ2v) is 19.3. The average molecular weight is 1140 g/mol. The molecule has 2 aromatic heterocycles. The van der Waals surface area contributed by atoms with Crippen LogP contribution in [0.5, 0.6) is 0 Å². The van der Waals surface area contributed by atoms with E-state index >= 15 is 8.78 Å². The van der Waals surface area contributed by atoms with Crippen LogP contribution in [0.3, 0.4) is 0 Å². The van der Waals surface area contributed by atoms with Gasteiger partial charge in [-0.1, -0.05) is 109 Å². The van der Waals surface area contributed by atoms with Gasteiger partial charge in [0.05, 0.1) is 22.3 Å². The fraction of sp³-hybridized carbons (Fsp3) is 0.194. The molecule has 84 heavy (non-hydrogen) atoms. The van der Waals surface area contributed by atoms with E-state index < -0.39 is 108 Å². The van der Waals surface area contributed by atoms with Crippen molar-refractivity contribution in [3.63, 3.8) is 0 Å². The van der Waals surface area contributed by atoms with Crippen LogP contribution in [0.25, 0.3) is 0 Å². The van der Waals surface area contributed by atoms with Gasteiger partial charge in [0.1, 0.15) is 37.1 Å². The quantitative estimate of drug-likeness (QED) is 0.0680. The smallest absolute Gasteiger partial charge is 0.351 e. The zero-order valence-corrected chi connectivity index (χ0v) is 44.8. The Balaban J connectivity index is 0.000000202. The fourth-order valence-corrected chi connectivity index (χ4v) is 9.08. The molecule has 428 valence electrons. The van der Waals surface area contributed by atoms with Gasteiger partial charge in [0.25, 0.3) is 11.8 Å². The molecule has 2 aliphatic rings. The highest BCUT2D eigenvalue weighted by Gasteiger charge is 2.60. The van der Waals surface area contributed by atoms with Crippen LogP contribution in [0.15, 0.2) is 216 Å². The number of nitrogens with one attached hydrogen (secondary N) is 2. The summed E-state index contributed by atoms with van der Waals surface area (Å²) in [6, 6.07) is 51.6. The molecule has 2 saturated heterocycles. The van der Waals surface area contributed by atoms with Crippen molar-refractivity contribution in [1.29, 1.82) is 0 Å². The van der Waals surface area contributed by atoms with Gasteiger partial charge in [-0.3, -0.25) is 18.7 Å². The van der Waals surface area contributed by atoms with E-state index in [1.54, 1.807) is 158 Å². The van der Waals surface area contributed by atoms with Crippen molar-refractivity contribution in [3.05, 3.63) is 261 Å².